The van der Waals surface area contributed by atoms with Crippen molar-refractivity contribution in [3.63, 3.8) is 0 Å². The molecular formula is C11H22N2. The summed E-state index contributed by atoms with van der Waals surface area (Å²) in [6, 6.07) is 1.77. The zero-order valence-corrected chi connectivity index (χ0v) is 8.92. The Hall–Kier alpha value is -0.0800. The molecule has 0 aromatic carbocycles. The van der Waals surface area contributed by atoms with E-state index in [2.05, 4.69) is 24.1 Å². The lowest BCUT2D eigenvalue weighted by Crippen LogP contribution is -2.52. The third kappa shape index (κ3) is 2.44. The molecule has 1 N–H and O–H groups in total. The molecule has 2 fully saturated rings. The van der Waals surface area contributed by atoms with Gasteiger partial charge in [-0.25, -0.2) is 0 Å². The van der Waals surface area contributed by atoms with Crippen molar-refractivity contribution in [2.24, 2.45) is 5.92 Å². The molecule has 2 aliphatic rings. The highest BCUT2D eigenvalue weighted by molar-refractivity contribution is 4.92. The molecule has 1 aliphatic carbocycles. The van der Waals surface area contributed by atoms with Gasteiger partial charge in [-0.2, -0.15) is 0 Å². The summed E-state index contributed by atoms with van der Waals surface area (Å²) in [7, 11) is 0. The van der Waals surface area contributed by atoms with Gasteiger partial charge < -0.3 is 5.32 Å². The fraction of sp³-hybridized carbons (Fsp3) is 1.00. The topological polar surface area (TPSA) is 15.3 Å². The molecule has 1 saturated heterocycles. The Balaban J connectivity index is 1.88. The minimum Gasteiger partial charge on any atom is -0.314 e. The van der Waals surface area contributed by atoms with Gasteiger partial charge in [0.15, 0.2) is 0 Å². The van der Waals surface area contributed by atoms with Crippen LogP contribution in [-0.2, 0) is 0 Å². The maximum absolute atomic E-state index is 3.51. The first-order valence-corrected chi connectivity index (χ1v) is 5.74. The Kier molecular flexibility index (Phi) is 2.89. The molecule has 1 atom stereocenters. The second kappa shape index (κ2) is 3.97. The Morgan fingerprint density at radius 1 is 1.38 bits per heavy atom. The van der Waals surface area contributed by atoms with E-state index in [9.17, 15) is 0 Å². The fourth-order valence-electron chi connectivity index (χ4n) is 2.43. The highest BCUT2D eigenvalue weighted by Crippen LogP contribution is 2.30. The van der Waals surface area contributed by atoms with Crippen molar-refractivity contribution in [2.45, 2.75) is 45.2 Å². The van der Waals surface area contributed by atoms with E-state index in [1.165, 1.54) is 38.9 Å². The molecule has 2 rings (SSSR count). The third-order valence-corrected chi connectivity index (χ3v) is 3.16. The lowest BCUT2D eigenvalue weighted by atomic mass is 10.0. The molecule has 0 unspecified atom stereocenters. The molecule has 1 heterocycles. The highest BCUT2D eigenvalue weighted by Gasteiger charge is 2.35. The van der Waals surface area contributed by atoms with Gasteiger partial charge in [-0.15, -0.1) is 0 Å². The van der Waals surface area contributed by atoms with Gasteiger partial charge in [0.1, 0.15) is 0 Å². The maximum atomic E-state index is 3.51. The number of hydrogen-bond acceptors (Lipinski definition) is 2. The van der Waals surface area contributed by atoms with Crippen LogP contribution in [0.4, 0.5) is 0 Å². The number of nitrogens with zero attached hydrogens (tertiary/aromatic N) is 1. The Morgan fingerprint density at radius 3 is 2.77 bits per heavy atom. The van der Waals surface area contributed by atoms with Crippen LogP contribution < -0.4 is 5.32 Å². The van der Waals surface area contributed by atoms with Crippen molar-refractivity contribution in [1.29, 1.82) is 0 Å². The molecule has 76 valence electrons. The summed E-state index contributed by atoms with van der Waals surface area (Å²) in [6.07, 6.45) is 4.27. The fourth-order valence-corrected chi connectivity index (χ4v) is 2.43. The van der Waals surface area contributed by atoms with E-state index in [4.69, 9.17) is 0 Å². The smallest absolute Gasteiger partial charge is 0.0226 e. The summed E-state index contributed by atoms with van der Waals surface area (Å²) in [6.45, 7) is 8.36. The van der Waals surface area contributed by atoms with Gasteiger partial charge in [0.05, 0.1) is 0 Å². The highest BCUT2D eigenvalue weighted by atomic mass is 15.3. The molecule has 1 saturated carbocycles. The first-order chi connectivity index (χ1) is 6.27. The van der Waals surface area contributed by atoms with E-state index >= 15 is 0 Å². The van der Waals surface area contributed by atoms with Crippen molar-refractivity contribution >= 4 is 0 Å². The largest absolute Gasteiger partial charge is 0.314 e. The van der Waals surface area contributed by atoms with Gasteiger partial charge >= 0.3 is 0 Å². The average molecular weight is 182 g/mol. The predicted molar refractivity (Wildman–Crippen MR) is 55.8 cm³/mol. The van der Waals surface area contributed by atoms with Crippen LogP contribution in [-0.4, -0.2) is 36.6 Å². The summed E-state index contributed by atoms with van der Waals surface area (Å²) in [5, 5.41) is 3.51. The van der Waals surface area contributed by atoms with E-state index in [1.807, 2.05) is 0 Å². The lowest BCUT2D eigenvalue weighted by Gasteiger charge is -2.37. The molecule has 2 nitrogen and oxygen atoms in total. The normalized spacial score (nSPS) is 31.2. The van der Waals surface area contributed by atoms with Crippen LogP contribution >= 0.6 is 0 Å². The van der Waals surface area contributed by atoms with Crippen molar-refractivity contribution in [1.82, 2.24) is 10.2 Å². The average Bonchev–Trinajstić information content (AvgIpc) is 2.87. The zero-order valence-electron chi connectivity index (χ0n) is 8.92. The van der Waals surface area contributed by atoms with Gasteiger partial charge in [-0.1, -0.05) is 13.8 Å². The van der Waals surface area contributed by atoms with E-state index in [-0.39, 0.29) is 0 Å². The summed E-state index contributed by atoms with van der Waals surface area (Å²) in [5.74, 6) is 0.839. The van der Waals surface area contributed by atoms with Gasteiger partial charge in [0.25, 0.3) is 0 Å². The van der Waals surface area contributed by atoms with Gasteiger partial charge in [0, 0.05) is 31.7 Å². The molecular weight excluding hydrogens is 160 g/mol. The minimum atomic E-state index is 0.821. The van der Waals surface area contributed by atoms with Crippen LogP contribution in [0.1, 0.15) is 33.1 Å². The van der Waals surface area contributed by atoms with Crippen LogP contribution in [0.2, 0.25) is 0 Å². The number of rotatable bonds is 3. The Labute approximate surface area is 81.7 Å². The first-order valence-electron chi connectivity index (χ1n) is 5.74. The van der Waals surface area contributed by atoms with E-state index < -0.39 is 0 Å². The van der Waals surface area contributed by atoms with Crippen molar-refractivity contribution < 1.29 is 0 Å². The van der Waals surface area contributed by atoms with Crippen LogP contribution in [0.15, 0.2) is 0 Å². The third-order valence-electron chi connectivity index (χ3n) is 3.16. The van der Waals surface area contributed by atoms with Crippen LogP contribution in [0, 0.1) is 5.92 Å². The van der Waals surface area contributed by atoms with Crippen molar-refractivity contribution in [3.8, 4) is 0 Å². The maximum Gasteiger partial charge on any atom is 0.0226 e. The first kappa shape index (κ1) is 9.47. The summed E-state index contributed by atoms with van der Waals surface area (Å²) in [5.41, 5.74) is 0. The van der Waals surface area contributed by atoms with Gasteiger partial charge in [0.2, 0.25) is 0 Å². The molecule has 2 heteroatoms. The van der Waals surface area contributed by atoms with Crippen LogP contribution in [0.3, 0.4) is 0 Å². The second-order valence-electron chi connectivity index (χ2n) is 4.96. The summed E-state index contributed by atoms with van der Waals surface area (Å²) in [4.78, 5) is 2.75. The molecule has 1 aliphatic heterocycles. The van der Waals surface area contributed by atoms with Crippen molar-refractivity contribution in [3.05, 3.63) is 0 Å². The molecule has 0 amide bonds. The lowest BCUT2D eigenvalue weighted by molar-refractivity contribution is 0.133. The molecule has 0 spiro atoms. The monoisotopic (exact) mass is 182 g/mol. The van der Waals surface area contributed by atoms with Crippen molar-refractivity contribution in [2.75, 3.05) is 19.6 Å². The number of piperazine rings is 1. The molecule has 0 radical (unpaired) electrons. The quantitative estimate of drug-likeness (QED) is 0.711. The Morgan fingerprint density at radius 2 is 2.15 bits per heavy atom. The SMILES string of the molecule is CC(C)C[C@@H]1CNCCN1C1CC1. The Bertz CT molecular complexity index is 163. The molecule has 0 aromatic rings. The van der Waals surface area contributed by atoms with Crippen LogP contribution in [0.25, 0.3) is 0 Å². The van der Waals surface area contributed by atoms with Crippen LogP contribution in [0.5, 0.6) is 0 Å². The minimum absolute atomic E-state index is 0.821. The number of nitrogens with one attached hydrogen (secondary N) is 1. The standard InChI is InChI=1S/C11H22N2/c1-9(2)7-11-8-12-5-6-13(11)10-3-4-10/h9-12H,3-8H2,1-2H3/t11-/m1/s1. The summed E-state index contributed by atoms with van der Waals surface area (Å²) >= 11 is 0. The number of hydrogen-bond donors (Lipinski definition) is 1. The van der Waals surface area contributed by atoms with E-state index in [1.54, 1.807) is 0 Å². The van der Waals surface area contributed by atoms with Gasteiger partial charge in [-0.05, 0) is 25.2 Å². The molecule has 13 heavy (non-hydrogen) atoms. The molecule has 0 bridgehead atoms. The van der Waals surface area contributed by atoms with E-state index in [0.717, 1.165) is 18.0 Å². The van der Waals surface area contributed by atoms with E-state index in [0.29, 0.717) is 0 Å². The predicted octanol–water partition coefficient (Wildman–Crippen LogP) is 1.47. The molecule has 0 aromatic heterocycles. The second-order valence-corrected chi connectivity index (χ2v) is 4.96. The van der Waals surface area contributed by atoms with Gasteiger partial charge in [-0.3, -0.25) is 4.90 Å². The zero-order chi connectivity index (χ0) is 9.26. The summed E-state index contributed by atoms with van der Waals surface area (Å²) < 4.78 is 0.